The SMILES string of the molecule is CC(=O)O.NC(=O)NCC(F)(c1ccccc1)C(N)(F)F. The maximum Gasteiger partial charge on any atom is 0.339 e. The Morgan fingerprint density at radius 3 is 2.00 bits per heavy atom. The Hall–Kier alpha value is -2.29. The molecule has 0 bridgehead atoms. The third kappa shape index (κ3) is 6.13. The van der Waals surface area contributed by atoms with E-state index in [1.165, 1.54) is 12.1 Å². The van der Waals surface area contributed by atoms with Gasteiger partial charge in [0.25, 0.3) is 5.97 Å². The number of alkyl halides is 3. The summed E-state index contributed by atoms with van der Waals surface area (Å²) < 4.78 is 40.5. The van der Waals surface area contributed by atoms with Gasteiger partial charge in [0.1, 0.15) is 0 Å². The van der Waals surface area contributed by atoms with Gasteiger partial charge < -0.3 is 16.2 Å². The van der Waals surface area contributed by atoms with Crippen LogP contribution in [0.25, 0.3) is 0 Å². The fourth-order valence-corrected chi connectivity index (χ4v) is 1.32. The van der Waals surface area contributed by atoms with Gasteiger partial charge in [0.05, 0.1) is 6.54 Å². The highest BCUT2D eigenvalue weighted by molar-refractivity contribution is 5.71. The van der Waals surface area contributed by atoms with E-state index in [0.717, 1.165) is 19.1 Å². The van der Waals surface area contributed by atoms with E-state index in [1.807, 2.05) is 0 Å². The quantitative estimate of drug-likeness (QED) is 0.624. The van der Waals surface area contributed by atoms with E-state index in [4.69, 9.17) is 15.6 Å². The van der Waals surface area contributed by atoms with Crippen LogP contribution in [0.4, 0.5) is 18.0 Å². The average Bonchev–Trinajstić information content (AvgIpc) is 2.35. The summed E-state index contributed by atoms with van der Waals surface area (Å²) in [6, 6.07) is 1.38. The first-order chi connectivity index (χ1) is 9.50. The lowest BCUT2D eigenvalue weighted by Crippen LogP contribution is -2.55. The molecule has 6 N–H and O–H groups in total. The number of carboxylic acid groups (broad SMARTS) is 1. The first kappa shape index (κ1) is 18.7. The maximum absolute atomic E-state index is 14.2. The Bertz CT molecular complexity index is 476. The average molecular weight is 307 g/mol. The number of hydrogen-bond acceptors (Lipinski definition) is 3. The van der Waals surface area contributed by atoms with Crippen LogP contribution in [-0.4, -0.2) is 29.7 Å². The molecule has 1 aromatic rings. The summed E-state index contributed by atoms with van der Waals surface area (Å²) in [7, 11) is 0. The van der Waals surface area contributed by atoms with Crippen LogP contribution >= 0.6 is 0 Å². The van der Waals surface area contributed by atoms with Crippen LogP contribution in [0, 0.1) is 0 Å². The van der Waals surface area contributed by atoms with Crippen molar-refractivity contribution in [3.05, 3.63) is 35.9 Å². The number of amides is 2. The van der Waals surface area contributed by atoms with Gasteiger partial charge in [0, 0.05) is 6.92 Å². The minimum Gasteiger partial charge on any atom is -0.481 e. The van der Waals surface area contributed by atoms with Crippen LogP contribution in [0.3, 0.4) is 0 Å². The van der Waals surface area contributed by atoms with Crippen LogP contribution in [-0.2, 0) is 10.5 Å². The Morgan fingerprint density at radius 1 is 1.24 bits per heavy atom. The molecule has 1 rings (SSSR count). The van der Waals surface area contributed by atoms with Crippen molar-refractivity contribution in [2.75, 3.05) is 6.54 Å². The van der Waals surface area contributed by atoms with E-state index in [1.54, 1.807) is 11.4 Å². The number of rotatable bonds is 4. The molecule has 1 aromatic carbocycles. The molecule has 118 valence electrons. The number of carbonyl (C=O) groups is 2. The largest absolute Gasteiger partial charge is 0.481 e. The number of benzene rings is 1. The van der Waals surface area contributed by atoms with E-state index >= 15 is 0 Å². The summed E-state index contributed by atoms with van der Waals surface area (Å²) in [6.45, 7) is 0.0792. The van der Waals surface area contributed by atoms with E-state index in [0.29, 0.717) is 0 Å². The van der Waals surface area contributed by atoms with Gasteiger partial charge in [-0.2, -0.15) is 8.78 Å². The highest BCUT2D eigenvalue weighted by atomic mass is 19.3. The molecular weight excluding hydrogens is 291 g/mol. The Labute approximate surface area is 118 Å². The third-order valence-electron chi connectivity index (χ3n) is 2.27. The van der Waals surface area contributed by atoms with Crippen molar-refractivity contribution < 1.29 is 27.9 Å². The fourth-order valence-electron chi connectivity index (χ4n) is 1.32. The standard InChI is InChI=1S/C10H12F3N3O.C2H4O2/c11-9(10(12,13)15,6-16-8(14)17)7-4-2-1-3-5-7;1-2(3)4/h1-5H,6,15H2,(H3,14,16,17);1H3,(H,3,4). The van der Waals surface area contributed by atoms with E-state index in [2.05, 4.69) is 5.73 Å². The minimum atomic E-state index is -4.14. The molecule has 9 heteroatoms. The van der Waals surface area contributed by atoms with E-state index in [-0.39, 0.29) is 5.56 Å². The van der Waals surface area contributed by atoms with Gasteiger partial charge in [-0.15, -0.1) is 0 Å². The zero-order valence-electron chi connectivity index (χ0n) is 11.1. The number of primary amides is 1. The number of nitrogens with two attached hydrogens (primary N) is 2. The zero-order chi connectivity index (χ0) is 16.7. The highest BCUT2D eigenvalue weighted by Gasteiger charge is 2.53. The number of carboxylic acids is 1. The highest BCUT2D eigenvalue weighted by Crippen LogP contribution is 2.37. The molecule has 0 aliphatic heterocycles. The maximum atomic E-state index is 14.2. The van der Waals surface area contributed by atoms with Gasteiger partial charge in [-0.25, -0.2) is 9.18 Å². The van der Waals surface area contributed by atoms with Crippen molar-refractivity contribution >= 4 is 12.0 Å². The Kier molecular flexibility index (Phi) is 6.67. The van der Waals surface area contributed by atoms with Crippen molar-refractivity contribution in [2.45, 2.75) is 18.6 Å². The number of aliphatic carboxylic acids is 1. The molecule has 0 saturated heterocycles. The molecule has 1 atom stereocenters. The first-order valence-electron chi connectivity index (χ1n) is 5.64. The molecular formula is C12H16F3N3O3. The van der Waals surface area contributed by atoms with Crippen molar-refractivity contribution in [1.29, 1.82) is 0 Å². The topological polar surface area (TPSA) is 118 Å². The van der Waals surface area contributed by atoms with Gasteiger partial charge in [-0.1, -0.05) is 30.3 Å². The van der Waals surface area contributed by atoms with Gasteiger partial charge in [-0.3, -0.25) is 10.5 Å². The second-order valence-electron chi connectivity index (χ2n) is 4.03. The third-order valence-corrected chi connectivity index (χ3v) is 2.27. The van der Waals surface area contributed by atoms with E-state index in [9.17, 15) is 18.0 Å². The summed E-state index contributed by atoms with van der Waals surface area (Å²) in [4.78, 5) is 19.5. The molecule has 0 spiro atoms. The summed E-state index contributed by atoms with van der Waals surface area (Å²) >= 11 is 0. The number of urea groups is 1. The second kappa shape index (κ2) is 7.48. The molecule has 0 aliphatic rings. The minimum absolute atomic E-state index is 0.332. The monoisotopic (exact) mass is 307 g/mol. The van der Waals surface area contributed by atoms with Gasteiger partial charge >= 0.3 is 12.1 Å². The number of hydrogen-bond donors (Lipinski definition) is 4. The van der Waals surface area contributed by atoms with Crippen LogP contribution in [0.15, 0.2) is 30.3 Å². The predicted octanol–water partition coefficient (Wildman–Crippen LogP) is 1.16. The molecule has 0 fully saturated rings. The van der Waals surface area contributed by atoms with Crippen LogP contribution < -0.4 is 16.8 Å². The molecule has 0 heterocycles. The van der Waals surface area contributed by atoms with Gasteiger partial charge in [-0.05, 0) is 5.56 Å². The van der Waals surface area contributed by atoms with Crippen LogP contribution in [0.1, 0.15) is 12.5 Å². The fraction of sp³-hybridized carbons (Fsp3) is 0.333. The van der Waals surface area contributed by atoms with E-state index < -0.39 is 30.3 Å². The number of nitrogens with one attached hydrogen (secondary N) is 1. The Balaban J connectivity index is 0.000000885. The van der Waals surface area contributed by atoms with Crippen molar-refractivity contribution in [1.82, 2.24) is 5.32 Å². The summed E-state index contributed by atoms with van der Waals surface area (Å²) in [5.74, 6) is -0.833. The summed E-state index contributed by atoms with van der Waals surface area (Å²) in [5, 5.41) is 9.21. The molecule has 0 aliphatic carbocycles. The van der Waals surface area contributed by atoms with Crippen molar-refractivity contribution in [3.8, 4) is 0 Å². The Morgan fingerprint density at radius 2 is 1.67 bits per heavy atom. The predicted molar refractivity (Wildman–Crippen MR) is 69.3 cm³/mol. The molecule has 1 unspecified atom stereocenters. The zero-order valence-corrected chi connectivity index (χ0v) is 11.1. The molecule has 21 heavy (non-hydrogen) atoms. The van der Waals surface area contributed by atoms with Crippen LogP contribution in [0.5, 0.6) is 0 Å². The molecule has 2 amide bonds. The molecule has 0 radical (unpaired) electrons. The molecule has 0 saturated carbocycles. The van der Waals surface area contributed by atoms with Gasteiger partial charge in [0.2, 0.25) is 5.67 Å². The number of carbonyl (C=O) groups excluding carboxylic acids is 1. The first-order valence-corrected chi connectivity index (χ1v) is 5.64. The lowest BCUT2D eigenvalue weighted by Gasteiger charge is -2.30. The normalized spacial score (nSPS) is 13.4. The van der Waals surface area contributed by atoms with Crippen molar-refractivity contribution in [2.24, 2.45) is 11.5 Å². The number of halogens is 3. The molecule has 0 aromatic heterocycles. The van der Waals surface area contributed by atoms with Gasteiger partial charge in [0.15, 0.2) is 0 Å². The summed E-state index contributed by atoms with van der Waals surface area (Å²) in [6.07, 6.45) is 0. The lowest BCUT2D eigenvalue weighted by atomic mass is 9.93. The smallest absolute Gasteiger partial charge is 0.339 e. The van der Waals surface area contributed by atoms with Crippen molar-refractivity contribution in [3.63, 3.8) is 0 Å². The second-order valence-corrected chi connectivity index (χ2v) is 4.03. The molecule has 6 nitrogen and oxygen atoms in total. The lowest BCUT2D eigenvalue weighted by molar-refractivity contribution is -0.136. The van der Waals surface area contributed by atoms with Crippen LogP contribution in [0.2, 0.25) is 0 Å². The summed E-state index contributed by atoms with van der Waals surface area (Å²) in [5.41, 5.74) is 5.71.